The number of rotatable bonds is 8. The lowest BCUT2D eigenvalue weighted by Crippen LogP contribution is -2.34. The van der Waals surface area contributed by atoms with Crippen molar-refractivity contribution >= 4 is 17.5 Å². The second-order valence-electron chi connectivity index (χ2n) is 6.15. The summed E-state index contributed by atoms with van der Waals surface area (Å²) in [5.74, 6) is 0.677. The molecule has 2 rings (SSSR count). The highest BCUT2D eigenvalue weighted by atomic mass is 16.5. The quantitative estimate of drug-likeness (QED) is 0.749. The number of para-hydroxylation sites is 1. The Morgan fingerprint density at radius 1 is 1.00 bits per heavy atom. The first-order chi connectivity index (χ1) is 13.0. The van der Waals surface area contributed by atoms with Gasteiger partial charge in [0, 0.05) is 5.69 Å². The second-order valence-corrected chi connectivity index (χ2v) is 6.15. The molecule has 27 heavy (non-hydrogen) atoms. The van der Waals surface area contributed by atoms with Crippen molar-refractivity contribution in [1.29, 1.82) is 0 Å². The molecule has 2 N–H and O–H groups in total. The van der Waals surface area contributed by atoms with Crippen molar-refractivity contribution in [2.75, 3.05) is 26.1 Å². The van der Waals surface area contributed by atoms with E-state index in [4.69, 9.17) is 9.47 Å². The summed E-state index contributed by atoms with van der Waals surface area (Å²) in [5, 5.41) is 5.54. The zero-order valence-electron chi connectivity index (χ0n) is 16.2. The topological polar surface area (TPSA) is 76.7 Å². The van der Waals surface area contributed by atoms with Crippen LogP contribution >= 0.6 is 0 Å². The third-order valence-electron chi connectivity index (χ3n) is 4.26. The fourth-order valence-electron chi connectivity index (χ4n) is 2.80. The van der Waals surface area contributed by atoms with E-state index in [-0.39, 0.29) is 24.8 Å². The van der Waals surface area contributed by atoms with Crippen molar-refractivity contribution in [3.05, 3.63) is 53.1 Å². The highest BCUT2D eigenvalue weighted by Gasteiger charge is 2.12. The smallest absolute Gasteiger partial charge is 0.243 e. The van der Waals surface area contributed by atoms with Crippen molar-refractivity contribution < 1.29 is 19.1 Å². The molecule has 0 saturated carbocycles. The molecular weight excluding hydrogens is 344 g/mol. The van der Waals surface area contributed by atoms with Crippen LogP contribution in [0.15, 0.2) is 36.4 Å². The Morgan fingerprint density at radius 3 is 2.41 bits per heavy atom. The minimum atomic E-state index is -0.250. The average Bonchev–Trinajstić information content (AvgIpc) is 2.67. The molecule has 0 atom stereocenters. The molecule has 0 radical (unpaired) electrons. The Hall–Kier alpha value is -3.02. The number of hydrogen-bond acceptors (Lipinski definition) is 4. The van der Waals surface area contributed by atoms with Crippen molar-refractivity contribution in [3.8, 4) is 11.5 Å². The van der Waals surface area contributed by atoms with Gasteiger partial charge in [-0.05, 0) is 42.2 Å². The predicted molar refractivity (Wildman–Crippen MR) is 105 cm³/mol. The predicted octanol–water partition coefficient (Wildman–Crippen LogP) is 2.87. The van der Waals surface area contributed by atoms with Crippen LogP contribution < -0.4 is 20.1 Å². The normalized spacial score (nSPS) is 10.2. The van der Waals surface area contributed by atoms with E-state index in [9.17, 15) is 9.59 Å². The molecule has 0 aliphatic carbocycles. The number of amides is 2. The van der Waals surface area contributed by atoms with Crippen LogP contribution in [0.5, 0.6) is 11.5 Å². The Kier molecular flexibility index (Phi) is 7.23. The van der Waals surface area contributed by atoms with Gasteiger partial charge in [-0.3, -0.25) is 9.59 Å². The van der Waals surface area contributed by atoms with Gasteiger partial charge in [0.2, 0.25) is 11.8 Å². The summed E-state index contributed by atoms with van der Waals surface area (Å²) in [5.41, 5.74) is 3.66. The summed E-state index contributed by atoms with van der Waals surface area (Å²) >= 11 is 0. The minimum Gasteiger partial charge on any atom is -0.493 e. The number of benzene rings is 2. The number of aryl methyl sites for hydroxylation is 2. The minimum absolute atomic E-state index is 0.0798. The maximum atomic E-state index is 12.2. The number of carbonyl (C=O) groups is 2. The van der Waals surface area contributed by atoms with Gasteiger partial charge in [-0.2, -0.15) is 0 Å². The molecule has 0 unspecified atom stereocenters. The molecule has 6 nitrogen and oxygen atoms in total. The van der Waals surface area contributed by atoms with Gasteiger partial charge in [0.25, 0.3) is 0 Å². The van der Waals surface area contributed by atoms with Gasteiger partial charge in [0.05, 0.1) is 27.2 Å². The van der Waals surface area contributed by atoms with Crippen LogP contribution in [0.25, 0.3) is 0 Å². The van der Waals surface area contributed by atoms with Crippen LogP contribution in [-0.2, 0) is 22.4 Å². The van der Waals surface area contributed by atoms with E-state index in [0.29, 0.717) is 11.5 Å². The van der Waals surface area contributed by atoms with E-state index in [1.807, 2.05) is 32.0 Å². The first-order valence-corrected chi connectivity index (χ1v) is 8.84. The lowest BCUT2D eigenvalue weighted by molar-refractivity contribution is -0.123. The molecule has 6 heteroatoms. The van der Waals surface area contributed by atoms with Gasteiger partial charge in [-0.15, -0.1) is 0 Å². The molecule has 0 aliphatic heterocycles. The van der Waals surface area contributed by atoms with Crippen LogP contribution in [0.1, 0.15) is 23.6 Å². The highest BCUT2D eigenvalue weighted by molar-refractivity contribution is 5.96. The summed E-state index contributed by atoms with van der Waals surface area (Å²) in [4.78, 5) is 24.4. The number of anilines is 1. The molecule has 2 aromatic carbocycles. The molecule has 2 amide bonds. The molecule has 0 aromatic heterocycles. The number of nitrogens with one attached hydrogen (secondary N) is 2. The molecular formula is C21H26N2O4. The maximum Gasteiger partial charge on any atom is 0.243 e. The van der Waals surface area contributed by atoms with Crippen molar-refractivity contribution in [1.82, 2.24) is 5.32 Å². The number of methoxy groups -OCH3 is 2. The fraction of sp³-hybridized carbons (Fsp3) is 0.333. The monoisotopic (exact) mass is 370 g/mol. The molecule has 0 aliphatic rings. The lowest BCUT2D eigenvalue weighted by Gasteiger charge is -2.13. The zero-order chi connectivity index (χ0) is 19.8. The average molecular weight is 370 g/mol. The van der Waals surface area contributed by atoms with Crippen LogP contribution in [0, 0.1) is 6.92 Å². The summed E-state index contributed by atoms with van der Waals surface area (Å²) in [7, 11) is 3.10. The summed E-state index contributed by atoms with van der Waals surface area (Å²) in [6.45, 7) is 3.91. The molecule has 0 saturated heterocycles. The van der Waals surface area contributed by atoms with Crippen molar-refractivity contribution in [2.45, 2.75) is 26.7 Å². The first kappa shape index (κ1) is 20.3. The second kappa shape index (κ2) is 9.62. The summed E-state index contributed by atoms with van der Waals surface area (Å²) in [6.07, 6.45) is 0.973. The van der Waals surface area contributed by atoms with Gasteiger partial charge in [0.1, 0.15) is 0 Å². The van der Waals surface area contributed by atoms with Crippen LogP contribution in [0.2, 0.25) is 0 Å². The van der Waals surface area contributed by atoms with E-state index < -0.39 is 0 Å². The van der Waals surface area contributed by atoms with Crippen LogP contribution in [0.4, 0.5) is 5.69 Å². The van der Waals surface area contributed by atoms with E-state index in [2.05, 4.69) is 10.6 Å². The van der Waals surface area contributed by atoms with E-state index >= 15 is 0 Å². The Bertz CT molecular complexity index is 818. The summed E-state index contributed by atoms with van der Waals surface area (Å²) in [6, 6.07) is 11.2. The fourth-order valence-corrected chi connectivity index (χ4v) is 2.80. The van der Waals surface area contributed by atoms with Gasteiger partial charge >= 0.3 is 0 Å². The van der Waals surface area contributed by atoms with Gasteiger partial charge in [-0.25, -0.2) is 0 Å². The third kappa shape index (κ3) is 5.48. The van der Waals surface area contributed by atoms with Crippen molar-refractivity contribution in [3.63, 3.8) is 0 Å². The summed E-state index contributed by atoms with van der Waals surface area (Å²) < 4.78 is 10.4. The van der Waals surface area contributed by atoms with E-state index in [1.165, 1.54) is 0 Å². The van der Waals surface area contributed by atoms with Gasteiger partial charge < -0.3 is 20.1 Å². The lowest BCUT2D eigenvalue weighted by atomic mass is 10.1. The number of hydrogen-bond donors (Lipinski definition) is 2. The largest absolute Gasteiger partial charge is 0.493 e. The van der Waals surface area contributed by atoms with Gasteiger partial charge in [-0.1, -0.05) is 31.2 Å². The number of ether oxygens (including phenoxy) is 2. The van der Waals surface area contributed by atoms with Crippen LogP contribution in [-0.4, -0.2) is 32.6 Å². The van der Waals surface area contributed by atoms with Crippen LogP contribution in [0.3, 0.4) is 0 Å². The molecule has 0 spiro atoms. The standard InChI is InChI=1S/C21H26N2O4/c1-5-16-8-6-7-14(2)21(16)23-20(25)13-22-19(24)12-15-9-10-17(26-3)18(11-15)27-4/h6-11H,5,12-13H2,1-4H3,(H,22,24)(H,23,25). The molecule has 144 valence electrons. The molecule has 0 bridgehead atoms. The number of carbonyl (C=O) groups excluding carboxylic acids is 2. The Morgan fingerprint density at radius 2 is 1.74 bits per heavy atom. The SMILES string of the molecule is CCc1cccc(C)c1NC(=O)CNC(=O)Cc1ccc(OC)c(OC)c1. The Labute approximate surface area is 159 Å². The molecule has 0 heterocycles. The van der Waals surface area contributed by atoms with E-state index in [1.54, 1.807) is 32.4 Å². The van der Waals surface area contributed by atoms with Crippen molar-refractivity contribution in [2.24, 2.45) is 0 Å². The first-order valence-electron chi connectivity index (χ1n) is 8.84. The highest BCUT2D eigenvalue weighted by Crippen LogP contribution is 2.27. The van der Waals surface area contributed by atoms with E-state index in [0.717, 1.165) is 28.8 Å². The molecule has 0 fully saturated rings. The Balaban J connectivity index is 1.91. The zero-order valence-corrected chi connectivity index (χ0v) is 16.2. The molecule has 2 aromatic rings. The third-order valence-corrected chi connectivity index (χ3v) is 4.26. The van der Waals surface area contributed by atoms with Gasteiger partial charge in [0.15, 0.2) is 11.5 Å². The maximum absolute atomic E-state index is 12.2.